The van der Waals surface area contributed by atoms with Gasteiger partial charge in [-0.25, -0.2) is 24.1 Å². The van der Waals surface area contributed by atoms with E-state index in [2.05, 4.69) is 41.5 Å². The van der Waals surface area contributed by atoms with Crippen molar-refractivity contribution in [2.24, 2.45) is 0 Å². The number of rotatable bonds is 5. The number of benzene rings is 1. The highest BCUT2D eigenvalue weighted by Crippen LogP contribution is 2.27. The van der Waals surface area contributed by atoms with Crippen LogP contribution < -0.4 is 10.6 Å². The fraction of sp³-hybridized carbons (Fsp3) is 0.150. The Morgan fingerprint density at radius 3 is 2.69 bits per heavy atom. The van der Waals surface area contributed by atoms with Crippen LogP contribution in [0.5, 0.6) is 0 Å². The molecular formula is C20H16BrFN6O3S. The van der Waals surface area contributed by atoms with Crippen LogP contribution in [0.2, 0.25) is 0 Å². The number of anilines is 2. The predicted octanol–water partition coefficient (Wildman–Crippen LogP) is 4.96. The molecule has 0 atom stereocenters. The molecule has 0 aliphatic carbocycles. The number of imidazole rings is 1. The Morgan fingerprint density at radius 2 is 1.97 bits per heavy atom. The zero-order valence-electron chi connectivity index (χ0n) is 16.8. The molecule has 164 valence electrons. The maximum absolute atomic E-state index is 14.6. The lowest BCUT2D eigenvalue weighted by Crippen LogP contribution is -2.18. The Hall–Kier alpha value is -3.38. The number of nitrogens with one attached hydrogen (secondary N) is 2. The van der Waals surface area contributed by atoms with Gasteiger partial charge in [0.2, 0.25) is 5.78 Å². The minimum Gasteiger partial charge on any atom is -0.447 e. The molecule has 0 fully saturated rings. The van der Waals surface area contributed by atoms with Crippen molar-refractivity contribution in [2.75, 3.05) is 10.6 Å². The lowest BCUT2D eigenvalue weighted by molar-refractivity contribution is 0.103. The number of carbonyl (C=O) groups is 2. The van der Waals surface area contributed by atoms with E-state index in [4.69, 9.17) is 4.74 Å². The van der Waals surface area contributed by atoms with E-state index < -0.39 is 11.9 Å². The minimum absolute atomic E-state index is 0.188. The van der Waals surface area contributed by atoms with Crippen molar-refractivity contribution in [3.63, 3.8) is 0 Å². The maximum atomic E-state index is 14.6. The van der Waals surface area contributed by atoms with E-state index in [-0.39, 0.29) is 17.6 Å². The molecule has 0 saturated heterocycles. The van der Waals surface area contributed by atoms with Gasteiger partial charge in [-0.05, 0) is 48.0 Å². The third-order valence-electron chi connectivity index (χ3n) is 4.10. The number of hydrogen-bond donors (Lipinski definition) is 2. The van der Waals surface area contributed by atoms with Crippen LogP contribution in [-0.4, -0.2) is 37.5 Å². The number of nitrogens with zero attached hydrogens (tertiary/aromatic N) is 4. The van der Waals surface area contributed by atoms with Gasteiger partial charge in [0, 0.05) is 23.6 Å². The fourth-order valence-electron chi connectivity index (χ4n) is 2.79. The van der Waals surface area contributed by atoms with Gasteiger partial charge in [-0.15, -0.1) is 11.3 Å². The molecule has 3 aromatic heterocycles. The quantitative estimate of drug-likeness (QED) is 0.386. The molecule has 0 unspecified atom stereocenters. The van der Waals surface area contributed by atoms with Crippen LogP contribution in [0.25, 0.3) is 17.0 Å². The molecule has 4 rings (SSSR count). The van der Waals surface area contributed by atoms with Crippen LogP contribution in [-0.2, 0) is 4.74 Å². The summed E-state index contributed by atoms with van der Waals surface area (Å²) in [4.78, 5) is 37.1. The summed E-state index contributed by atoms with van der Waals surface area (Å²) < 4.78 is 21.7. The second-order valence-corrected chi connectivity index (χ2v) is 9.19. The summed E-state index contributed by atoms with van der Waals surface area (Å²) in [6, 6.07) is 4.20. The first kappa shape index (κ1) is 21.8. The van der Waals surface area contributed by atoms with Crippen LogP contribution in [0, 0.1) is 5.82 Å². The van der Waals surface area contributed by atoms with Crippen molar-refractivity contribution in [3.8, 4) is 11.3 Å². The number of amides is 2. The first-order valence-corrected chi connectivity index (χ1v) is 10.9. The van der Waals surface area contributed by atoms with Gasteiger partial charge in [0.05, 0.1) is 29.9 Å². The normalized spacial score (nSPS) is 11.0. The zero-order valence-corrected chi connectivity index (χ0v) is 19.2. The minimum atomic E-state index is -0.607. The van der Waals surface area contributed by atoms with E-state index in [1.165, 1.54) is 41.9 Å². The fourth-order valence-corrected chi connectivity index (χ4v) is 3.95. The van der Waals surface area contributed by atoms with Crippen molar-refractivity contribution < 1.29 is 18.7 Å². The van der Waals surface area contributed by atoms with Crippen molar-refractivity contribution in [3.05, 3.63) is 57.6 Å². The number of ether oxygens (including phenoxy) is 1. The number of fused-ring (bicyclic) bond motifs is 1. The number of halogens is 2. The summed E-state index contributed by atoms with van der Waals surface area (Å²) in [5.74, 6) is -0.552. The van der Waals surface area contributed by atoms with Gasteiger partial charge in [0.25, 0.3) is 5.91 Å². The van der Waals surface area contributed by atoms with Crippen molar-refractivity contribution >= 4 is 56.4 Å². The third kappa shape index (κ3) is 4.92. The average molecular weight is 519 g/mol. The molecule has 32 heavy (non-hydrogen) atoms. The number of hydrogen-bond acceptors (Lipinski definition) is 7. The molecule has 0 aliphatic heterocycles. The molecular weight excluding hydrogens is 503 g/mol. The van der Waals surface area contributed by atoms with E-state index in [9.17, 15) is 14.0 Å². The molecule has 0 spiro atoms. The zero-order chi connectivity index (χ0) is 22.8. The van der Waals surface area contributed by atoms with Crippen LogP contribution >= 0.6 is 27.3 Å². The standard InChI is InChI=1S/C20H16BrFN6O3S/c1-10(2)31-20(30)26-12-6-24-19-27-15(9-28(19)8-12)13-5-11(3-4-14(13)22)25-17(29)16-7-23-18(21)32-16/h3-10H,1-2H3,(H,25,29)(H,26,30). The van der Waals surface area contributed by atoms with Crippen LogP contribution in [0.4, 0.5) is 20.6 Å². The summed E-state index contributed by atoms with van der Waals surface area (Å²) in [7, 11) is 0. The highest BCUT2D eigenvalue weighted by molar-refractivity contribution is 9.11. The SMILES string of the molecule is CC(C)OC(=O)Nc1cnc2nc(-c3cc(NC(=O)c4cnc(Br)s4)ccc3F)cn2c1. The monoisotopic (exact) mass is 518 g/mol. The molecule has 3 heterocycles. The largest absolute Gasteiger partial charge is 0.447 e. The van der Waals surface area contributed by atoms with Gasteiger partial charge in [-0.2, -0.15) is 0 Å². The summed E-state index contributed by atoms with van der Waals surface area (Å²) in [5, 5.41) is 5.29. The Bertz CT molecular complexity index is 1320. The number of carbonyl (C=O) groups excluding carboxylic acids is 2. The molecule has 0 radical (unpaired) electrons. The highest BCUT2D eigenvalue weighted by Gasteiger charge is 2.15. The van der Waals surface area contributed by atoms with Crippen LogP contribution in [0.1, 0.15) is 23.5 Å². The average Bonchev–Trinajstić information content (AvgIpc) is 3.34. The van der Waals surface area contributed by atoms with Gasteiger partial charge in [0.1, 0.15) is 10.7 Å². The highest BCUT2D eigenvalue weighted by atomic mass is 79.9. The Labute approximate surface area is 193 Å². The first-order valence-electron chi connectivity index (χ1n) is 9.33. The maximum Gasteiger partial charge on any atom is 0.411 e. The van der Waals surface area contributed by atoms with Crippen LogP contribution in [0.3, 0.4) is 0 Å². The molecule has 9 nitrogen and oxygen atoms in total. The predicted molar refractivity (Wildman–Crippen MR) is 121 cm³/mol. The second kappa shape index (κ2) is 9.01. The van der Waals surface area contributed by atoms with E-state index in [1.807, 2.05) is 0 Å². The Kier molecular flexibility index (Phi) is 6.15. The van der Waals surface area contributed by atoms with Gasteiger partial charge in [0.15, 0.2) is 3.92 Å². The van der Waals surface area contributed by atoms with E-state index in [0.29, 0.717) is 31.6 Å². The van der Waals surface area contributed by atoms with E-state index >= 15 is 0 Å². The topological polar surface area (TPSA) is 111 Å². The number of aromatic nitrogens is 4. The van der Waals surface area contributed by atoms with Crippen molar-refractivity contribution in [2.45, 2.75) is 20.0 Å². The van der Waals surface area contributed by atoms with Crippen molar-refractivity contribution in [1.82, 2.24) is 19.4 Å². The Balaban J connectivity index is 1.58. The Morgan fingerprint density at radius 1 is 1.16 bits per heavy atom. The molecule has 0 bridgehead atoms. The van der Waals surface area contributed by atoms with Crippen LogP contribution in [0.15, 0.2) is 46.9 Å². The van der Waals surface area contributed by atoms with E-state index in [0.717, 1.165) is 0 Å². The van der Waals surface area contributed by atoms with Gasteiger partial charge < -0.3 is 10.1 Å². The van der Waals surface area contributed by atoms with E-state index in [1.54, 1.807) is 30.6 Å². The van der Waals surface area contributed by atoms with Gasteiger partial charge >= 0.3 is 6.09 Å². The van der Waals surface area contributed by atoms with Gasteiger partial charge in [-0.1, -0.05) is 0 Å². The summed E-state index contributed by atoms with van der Waals surface area (Å²) in [5.41, 5.74) is 1.30. The molecule has 2 amide bonds. The molecule has 12 heteroatoms. The molecule has 1 aromatic carbocycles. The summed E-state index contributed by atoms with van der Waals surface area (Å²) in [6.45, 7) is 3.48. The molecule has 0 aliphatic rings. The lowest BCUT2D eigenvalue weighted by Gasteiger charge is -2.09. The van der Waals surface area contributed by atoms with Crippen molar-refractivity contribution in [1.29, 1.82) is 0 Å². The summed E-state index contributed by atoms with van der Waals surface area (Å²) >= 11 is 4.40. The second-order valence-electron chi connectivity index (χ2n) is 6.88. The third-order valence-corrected chi connectivity index (χ3v) is 5.58. The number of thiazole rings is 1. The smallest absolute Gasteiger partial charge is 0.411 e. The van der Waals surface area contributed by atoms with Gasteiger partial charge in [-0.3, -0.25) is 14.5 Å². The first-order chi connectivity index (χ1) is 15.3. The molecule has 4 aromatic rings. The molecule has 2 N–H and O–H groups in total. The summed E-state index contributed by atoms with van der Waals surface area (Å²) in [6.07, 6.45) is 5.17. The lowest BCUT2D eigenvalue weighted by atomic mass is 10.1. The molecule has 0 saturated carbocycles.